The molecule has 4 aromatic carbocycles. The van der Waals surface area contributed by atoms with Gasteiger partial charge in [0.25, 0.3) is 5.69 Å². The number of nitrogens with zero attached hydrogens (tertiary/aromatic N) is 3. The van der Waals surface area contributed by atoms with Crippen LogP contribution >= 0.6 is 18.2 Å². The highest BCUT2D eigenvalue weighted by Crippen LogP contribution is 2.47. The van der Waals surface area contributed by atoms with E-state index in [0.717, 1.165) is 20.8 Å². The predicted octanol–water partition coefficient (Wildman–Crippen LogP) is 6.16. The van der Waals surface area contributed by atoms with E-state index in [1.54, 1.807) is 12.1 Å². The average Bonchev–Trinajstić information content (AvgIpc) is 3.53. The SMILES string of the molecule is N#CC(/C(=N\Nc1ccc([N+](=O)[O-])cc1)c1cccs1)=P(c1ccccc1)(c1ccccc1)c1ccccc1. The topological polar surface area (TPSA) is 91.3 Å². The Balaban J connectivity index is 1.86. The fraction of sp³-hybridized carbons (Fsp3) is 0. The molecule has 190 valence electrons. The average molecular weight is 547 g/mol. The predicted molar refractivity (Wildman–Crippen MR) is 163 cm³/mol. The Labute approximate surface area is 230 Å². The molecule has 1 heterocycles. The van der Waals surface area contributed by atoms with Gasteiger partial charge in [0.2, 0.25) is 0 Å². The maximum atomic E-state index is 11.1. The third-order valence-corrected chi connectivity index (χ3v) is 11.3. The van der Waals surface area contributed by atoms with Crippen LogP contribution in [0, 0.1) is 21.4 Å². The number of hydrazone groups is 1. The first-order chi connectivity index (χ1) is 19.1. The van der Waals surface area contributed by atoms with Crippen LogP contribution in [-0.2, 0) is 0 Å². The molecule has 0 saturated carbocycles. The van der Waals surface area contributed by atoms with E-state index in [9.17, 15) is 15.4 Å². The van der Waals surface area contributed by atoms with Crippen molar-refractivity contribution in [2.45, 2.75) is 0 Å². The molecule has 0 saturated heterocycles. The van der Waals surface area contributed by atoms with E-state index in [2.05, 4.69) is 47.9 Å². The minimum absolute atomic E-state index is 0.00513. The summed E-state index contributed by atoms with van der Waals surface area (Å²) in [6.07, 6.45) is 0. The largest absolute Gasteiger partial charge is 0.278 e. The normalized spacial score (nSPS) is 11.4. The lowest BCUT2D eigenvalue weighted by Gasteiger charge is -2.30. The Morgan fingerprint density at radius 3 is 1.69 bits per heavy atom. The number of anilines is 1. The van der Waals surface area contributed by atoms with Crippen molar-refractivity contribution in [2.24, 2.45) is 5.10 Å². The zero-order chi connectivity index (χ0) is 27.1. The van der Waals surface area contributed by atoms with Gasteiger partial charge in [-0.3, -0.25) is 15.5 Å². The van der Waals surface area contributed by atoms with E-state index in [0.29, 0.717) is 16.7 Å². The molecule has 6 nitrogen and oxygen atoms in total. The zero-order valence-electron chi connectivity index (χ0n) is 20.7. The molecule has 0 unspecified atom stereocenters. The fourth-order valence-electron chi connectivity index (χ4n) is 4.49. The van der Waals surface area contributed by atoms with Gasteiger partial charge in [-0.1, -0.05) is 97.1 Å². The zero-order valence-corrected chi connectivity index (χ0v) is 22.4. The first-order valence-corrected chi connectivity index (χ1v) is 14.8. The minimum Gasteiger partial charge on any atom is -0.278 e. The van der Waals surface area contributed by atoms with Crippen molar-refractivity contribution < 1.29 is 4.92 Å². The molecule has 0 amide bonds. The van der Waals surface area contributed by atoms with E-state index in [1.165, 1.54) is 23.5 Å². The number of rotatable bonds is 8. The lowest BCUT2D eigenvalue weighted by Crippen LogP contribution is -2.33. The highest BCUT2D eigenvalue weighted by Gasteiger charge is 2.33. The highest BCUT2D eigenvalue weighted by atomic mass is 32.1. The Bertz CT molecular complexity index is 1590. The van der Waals surface area contributed by atoms with Crippen molar-refractivity contribution in [1.29, 1.82) is 5.26 Å². The van der Waals surface area contributed by atoms with E-state index in [-0.39, 0.29) is 5.69 Å². The molecule has 0 spiro atoms. The van der Waals surface area contributed by atoms with Crippen LogP contribution in [-0.4, -0.2) is 15.9 Å². The summed E-state index contributed by atoms with van der Waals surface area (Å²) >= 11 is 1.50. The first-order valence-electron chi connectivity index (χ1n) is 12.1. The maximum Gasteiger partial charge on any atom is 0.269 e. The molecule has 0 aliphatic carbocycles. The number of thiophene rings is 1. The molecular weight excluding hydrogens is 523 g/mol. The van der Waals surface area contributed by atoms with Crippen LogP contribution in [0.2, 0.25) is 0 Å². The second-order valence-electron chi connectivity index (χ2n) is 8.49. The molecule has 0 radical (unpaired) electrons. The summed E-state index contributed by atoms with van der Waals surface area (Å²) in [6.45, 7) is -2.70. The molecule has 1 N–H and O–H groups in total. The number of nitro groups is 1. The summed E-state index contributed by atoms with van der Waals surface area (Å²) in [4.78, 5) is 11.5. The van der Waals surface area contributed by atoms with E-state index >= 15 is 0 Å². The van der Waals surface area contributed by atoms with Crippen molar-refractivity contribution in [1.82, 2.24) is 0 Å². The molecule has 39 heavy (non-hydrogen) atoms. The molecule has 1 aromatic heterocycles. The fourth-order valence-corrected chi connectivity index (χ4v) is 9.45. The molecular formula is C31H23N4O2PS. The van der Waals surface area contributed by atoms with Gasteiger partial charge in [0.05, 0.1) is 20.8 Å². The smallest absolute Gasteiger partial charge is 0.269 e. The van der Waals surface area contributed by atoms with Crippen LogP contribution < -0.4 is 21.3 Å². The summed E-state index contributed by atoms with van der Waals surface area (Å²) in [5.74, 6) is 0. The Kier molecular flexibility index (Phi) is 7.79. The van der Waals surface area contributed by atoms with Crippen LogP contribution in [0.15, 0.2) is 138 Å². The van der Waals surface area contributed by atoms with Crippen molar-refractivity contribution in [3.63, 3.8) is 0 Å². The van der Waals surface area contributed by atoms with Crippen LogP contribution in [0.25, 0.3) is 0 Å². The number of nitro benzene ring substituents is 1. The summed E-state index contributed by atoms with van der Waals surface area (Å²) in [5, 5.41) is 32.5. The van der Waals surface area contributed by atoms with Crippen LogP contribution in [0.5, 0.6) is 0 Å². The molecule has 5 rings (SSSR count). The van der Waals surface area contributed by atoms with E-state index in [4.69, 9.17) is 5.10 Å². The third kappa shape index (κ3) is 5.17. The van der Waals surface area contributed by atoms with Crippen LogP contribution in [0.4, 0.5) is 11.4 Å². The minimum atomic E-state index is -2.70. The summed E-state index contributed by atoms with van der Waals surface area (Å²) in [5.41, 5.74) is 4.17. The second kappa shape index (κ2) is 11.7. The van der Waals surface area contributed by atoms with Gasteiger partial charge in [-0.05, 0) is 46.4 Å². The van der Waals surface area contributed by atoms with Gasteiger partial charge < -0.3 is 0 Å². The molecule has 0 atom stereocenters. The Hall–Kier alpha value is -4.76. The van der Waals surface area contributed by atoms with Gasteiger partial charge in [0, 0.05) is 12.1 Å². The number of benzene rings is 4. The van der Waals surface area contributed by atoms with Gasteiger partial charge in [-0.15, -0.1) is 11.3 Å². The number of nitrogens with one attached hydrogen (secondary N) is 1. The van der Waals surface area contributed by atoms with Crippen molar-refractivity contribution in [3.8, 4) is 6.07 Å². The Morgan fingerprint density at radius 1 is 0.769 bits per heavy atom. The molecule has 0 bridgehead atoms. The quantitative estimate of drug-likeness (QED) is 0.109. The third-order valence-electron chi connectivity index (χ3n) is 6.23. The van der Waals surface area contributed by atoms with Gasteiger partial charge in [0.1, 0.15) is 11.8 Å². The van der Waals surface area contributed by atoms with Gasteiger partial charge in [-0.25, -0.2) is 0 Å². The molecule has 0 aliphatic rings. The van der Waals surface area contributed by atoms with Crippen molar-refractivity contribution >= 4 is 56.5 Å². The number of hydrogen-bond acceptors (Lipinski definition) is 6. The summed E-state index contributed by atoms with van der Waals surface area (Å²) in [7, 11) is 0. The number of nitriles is 1. The first kappa shape index (κ1) is 25.9. The second-order valence-corrected chi connectivity index (χ2v) is 12.8. The van der Waals surface area contributed by atoms with Gasteiger partial charge in [0.15, 0.2) is 0 Å². The van der Waals surface area contributed by atoms with E-state index in [1.807, 2.05) is 72.1 Å². The van der Waals surface area contributed by atoms with Crippen molar-refractivity contribution in [2.75, 3.05) is 5.43 Å². The van der Waals surface area contributed by atoms with Gasteiger partial charge in [-0.2, -0.15) is 10.4 Å². The Morgan fingerprint density at radius 2 is 1.28 bits per heavy atom. The van der Waals surface area contributed by atoms with Crippen molar-refractivity contribution in [3.05, 3.63) is 148 Å². The summed E-state index contributed by atoms with van der Waals surface area (Å²) < 4.78 is 0. The lowest BCUT2D eigenvalue weighted by molar-refractivity contribution is -0.384. The monoisotopic (exact) mass is 546 g/mol. The van der Waals surface area contributed by atoms with Crippen LogP contribution in [0.3, 0.4) is 0 Å². The lowest BCUT2D eigenvalue weighted by atomic mass is 10.2. The van der Waals surface area contributed by atoms with Gasteiger partial charge >= 0.3 is 0 Å². The standard InChI is InChI=1S/C31H23N4O2PS/c32-23-29(31(30-17-10-22-39-30)34-33-24-18-20-25(21-19-24)35(36)37)38(26-11-4-1-5-12-26,27-13-6-2-7-14-27)28-15-8-3-9-16-28/h1-22,33H/b34-31+. The number of hydrogen-bond donors (Lipinski definition) is 1. The molecule has 5 aromatic rings. The molecule has 0 aliphatic heterocycles. The summed E-state index contributed by atoms with van der Waals surface area (Å²) in [6, 6.07) is 43.0. The molecule has 8 heteroatoms. The highest BCUT2D eigenvalue weighted by molar-refractivity contribution is 7.97. The van der Waals surface area contributed by atoms with E-state index < -0.39 is 11.8 Å². The number of non-ortho nitro benzene ring substituents is 1. The molecule has 0 fully saturated rings. The maximum absolute atomic E-state index is 11.1. The van der Waals surface area contributed by atoms with Crippen LogP contribution in [0.1, 0.15) is 4.88 Å².